The van der Waals surface area contributed by atoms with Crippen molar-refractivity contribution >= 4 is 34.3 Å². The van der Waals surface area contributed by atoms with Gasteiger partial charge in [-0.05, 0) is 24.3 Å². The van der Waals surface area contributed by atoms with Crippen LogP contribution in [0.1, 0.15) is 0 Å². The van der Waals surface area contributed by atoms with E-state index in [9.17, 15) is 8.60 Å². The summed E-state index contributed by atoms with van der Waals surface area (Å²) in [6, 6.07) is 8.45. The summed E-state index contributed by atoms with van der Waals surface area (Å²) in [6.45, 7) is 0. The fourth-order valence-electron chi connectivity index (χ4n) is 1.53. The third kappa shape index (κ3) is 2.57. The highest BCUT2D eigenvalue weighted by molar-refractivity contribution is 7.79. The quantitative estimate of drug-likeness (QED) is 0.836. The van der Waals surface area contributed by atoms with Gasteiger partial charge in [0.1, 0.15) is 5.82 Å². The minimum atomic E-state index is -2.18. The molecule has 6 heteroatoms. The maximum atomic E-state index is 13.7. The highest BCUT2D eigenvalue weighted by Gasteiger charge is 2.13. The lowest BCUT2D eigenvalue weighted by Gasteiger charge is -2.08. The number of rotatable bonds is 2. The Bertz CT molecular complexity index is 631. The minimum Gasteiger partial charge on any atom is -0.302 e. The fraction of sp³-hybridized carbons (Fsp3) is 0. The van der Waals surface area contributed by atoms with Crippen LogP contribution in [0.25, 0.3) is 11.1 Å². The summed E-state index contributed by atoms with van der Waals surface area (Å²) in [5.41, 5.74) is 0.524. The van der Waals surface area contributed by atoms with Crippen LogP contribution in [0.4, 0.5) is 4.39 Å². The van der Waals surface area contributed by atoms with Crippen LogP contribution in [0.3, 0.4) is 0 Å². The molecule has 2 aromatic rings. The summed E-state index contributed by atoms with van der Waals surface area (Å²) in [5, 5.41) is 0.503. The molecule has 2 aromatic carbocycles. The van der Waals surface area contributed by atoms with E-state index in [4.69, 9.17) is 27.8 Å². The number of hydrogen-bond donors (Lipinski definition) is 1. The van der Waals surface area contributed by atoms with E-state index in [0.717, 1.165) is 6.07 Å². The molecule has 0 amide bonds. The van der Waals surface area contributed by atoms with Gasteiger partial charge in [0, 0.05) is 11.1 Å². The van der Waals surface area contributed by atoms with Crippen molar-refractivity contribution in [2.24, 2.45) is 0 Å². The Morgan fingerprint density at radius 2 is 1.83 bits per heavy atom. The molecule has 2 nitrogen and oxygen atoms in total. The lowest BCUT2D eigenvalue weighted by atomic mass is 10.1. The summed E-state index contributed by atoms with van der Waals surface area (Å²) in [5.74, 6) is -0.534. The van der Waals surface area contributed by atoms with Gasteiger partial charge in [0.2, 0.25) is 0 Å². The highest BCUT2D eigenvalue weighted by Crippen LogP contribution is 2.35. The second-order valence-electron chi connectivity index (χ2n) is 3.49. The fourth-order valence-corrected chi connectivity index (χ4v) is 2.34. The van der Waals surface area contributed by atoms with Crippen molar-refractivity contribution in [1.29, 1.82) is 0 Å². The Kier molecular flexibility index (Phi) is 4.02. The Morgan fingerprint density at radius 3 is 2.50 bits per heavy atom. The first-order valence-electron chi connectivity index (χ1n) is 4.85. The smallest absolute Gasteiger partial charge is 0.186 e. The minimum absolute atomic E-state index is 0.0995. The maximum Gasteiger partial charge on any atom is 0.186 e. The molecule has 18 heavy (non-hydrogen) atoms. The second-order valence-corrected chi connectivity index (χ2v) is 5.25. The van der Waals surface area contributed by atoms with Gasteiger partial charge in [-0.15, -0.1) is 0 Å². The molecule has 0 spiro atoms. The predicted octanol–water partition coefficient (Wildman–Crippen LogP) is 4.38. The third-order valence-corrected chi connectivity index (χ3v) is 3.86. The van der Waals surface area contributed by atoms with Crippen molar-refractivity contribution in [3.8, 4) is 11.1 Å². The molecule has 2 rings (SSSR count). The van der Waals surface area contributed by atoms with Crippen LogP contribution in [0.2, 0.25) is 10.0 Å². The van der Waals surface area contributed by atoms with Gasteiger partial charge in [0.15, 0.2) is 11.1 Å². The SMILES string of the molecule is O=S(O)c1ccc(F)c(-c2cccc(Cl)c2Cl)c1. The van der Waals surface area contributed by atoms with E-state index >= 15 is 0 Å². The van der Waals surface area contributed by atoms with Crippen molar-refractivity contribution in [3.63, 3.8) is 0 Å². The van der Waals surface area contributed by atoms with Gasteiger partial charge in [0.25, 0.3) is 0 Å². The Morgan fingerprint density at radius 1 is 1.11 bits per heavy atom. The molecule has 0 saturated carbocycles. The second kappa shape index (κ2) is 5.36. The van der Waals surface area contributed by atoms with Crippen molar-refractivity contribution < 1.29 is 13.2 Å². The summed E-state index contributed by atoms with van der Waals surface area (Å²) in [4.78, 5) is 0.0995. The number of benzene rings is 2. The highest BCUT2D eigenvalue weighted by atomic mass is 35.5. The molecular formula is C12H7Cl2FO2S. The Labute approximate surface area is 116 Å². The zero-order chi connectivity index (χ0) is 13.3. The first kappa shape index (κ1) is 13.5. The van der Waals surface area contributed by atoms with Crippen LogP contribution in [0.15, 0.2) is 41.3 Å². The van der Waals surface area contributed by atoms with E-state index in [0.29, 0.717) is 10.6 Å². The van der Waals surface area contributed by atoms with Gasteiger partial charge < -0.3 is 4.55 Å². The zero-order valence-corrected chi connectivity index (χ0v) is 11.2. The molecule has 94 valence electrons. The summed E-state index contributed by atoms with van der Waals surface area (Å²) in [7, 11) is 0. The standard InChI is InChI=1S/C12H7Cl2FO2S/c13-10-3-1-2-8(12(10)14)9-6-7(18(16)17)4-5-11(9)15/h1-6H,(H,16,17). The molecule has 0 aromatic heterocycles. The van der Waals surface area contributed by atoms with Crippen LogP contribution in [0, 0.1) is 5.82 Å². The molecule has 1 unspecified atom stereocenters. The molecule has 1 N–H and O–H groups in total. The Balaban J connectivity index is 2.66. The summed E-state index contributed by atoms with van der Waals surface area (Å²) < 4.78 is 33.7. The van der Waals surface area contributed by atoms with E-state index < -0.39 is 16.9 Å². The summed E-state index contributed by atoms with van der Waals surface area (Å²) in [6.07, 6.45) is 0. The molecule has 1 atom stereocenters. The third-order valence-electron chi connectivity index (χ3n) is 2.38. The van der Waals surface area contributed by atoms with Crippen molar-refractivity contribution in [1.82, 2.24) is 0 Å². The van der Waals surface area contributed by atoms with Crippen LogP contribution in [-0.4, -0.2) is 8.76 Å². The zero-order valence-electron chi connectivity index (χ0n) is 8.86. The van der Waals surface area contributed by atoms with Gasteiger partial charge in [-0.1, -0.05) is 35.3 Å². The van der Waals surface area contributed by atoms with Crippen molar-refractivity contribution in [2.45, 2.75) is 4.90 Å². The number of halogens is 3. The average Bonchev–Trinajstić information content (AvgIpc) is 2.33. The molecule has 0 heterocycles. The van der Waals surface area contributed by atoms with Gasteiger partial charge >= 0.3 is 0 Å². The summed E-state index contributed by atoms with van der Waals surface area (Å²) >= 11 is 9.67. The van der Waals surface area contributed by atoms with Gasteiger partial charge in [-0.25, -0.2) is 8.60 Å². The molecule has 0 aliphatic carbocycles. The molecule has 0 bridgehead atoms. The van der Waals surface area contributed by atoms with Crippen LogP contribution < -0.4 is 0 Å². The molecule has 0 fully saturated rings. The van der Waals surface area contributed by atoms with Crippen molar-refractivity contribution in [2.75, 3.05) is 0 Å². The molecular weight excluding hydrogens is 298 g/mol. The number of hydrogen-bond acceptors (Lipinski definition) is 1. The van der Waals surface area contributed by atoms with E-state index in [1.807, 2.05) is 0 Å². The lowest BCUT2D eigenvalue weighted by Crippen LogP contribution is -1.92. The molecule has 0 aliphatic heterocycles. The average molecular weight is 305 g/mol. The van der Waals surface area contributed by atoms with Crippen LogP contribution in [0.5, 0.6) is 0 Å². The van der Waals surface area contributed by atoms with Gasteiger partial charge in [-0.2, -0.15) is 0 Å². The first-order chi connectivity index (χ1) is 8.50. The molecule has 0 saturated heterocycles. The van der Waals surface area contributed by atoms with Gasteiger partial charge in [-0.3, -0.25) is 0 Å². The maximum absolute atomic E-state index is 13.7. The van der Waals surface area contributed by atoms with E-state index in [1.165, 1.54) is 12.1 Å². The molecule has 0 radical (unpaired) electrons. The Hall–Kier alpha value is -0.940. The largest absolute Gasteiger partial charge is 0.302 e. The van der Waals surface area contributed by atoms with Crippen LogP contribution in [-0.2, 0) is 11.1 Å². The monoisotopic (exact) mass is 304 g/mol. The van der Waals surface area contributed by atoms with E-state index in [-0.39, 0.29) is 15.5 Å². The van der Waals surface area contributed by atoms with E-state index in [2.05, 4.69) is 0 Å². The van der Waals surface area contributed by atoms with E-state index in [1.54, 1.807) is 18.2 Å². The predicted molar refractivity (Wildman–Crippen MR) is 70.9 cm³/mol. The van der Waals surface area contributed by atoms with Crippen molar-refractivity contribution in [3.05, 3.63) is 52.3 Å². The molecule has 0 aliphatic rings. The lowest BCUT2D eigenvalue weighted by molar-refractivity contribution is 0.564. The van der Waals surface area contributed by atoms with Gasteiger partial charge in [0.05, 0.1) is 14.9 Å². The van der Waals surface area contributed by atoms with Crippen LogP contribution >= 0.6 is 23.2 Å². The first-order valence-corrected chi connectivity index (χ1v) is 6.72. The topological polar surface area (TPSA) is 37.3 Å². The normalized spacial score (nSPS) is 12.4.